The highest BCUT2D eigenvalue weighted by atomic mass is 32.2. The van der Waals surface area contributed by atoms with Gasteiger partial charge in [0.15, 0.2) is 6.10 Å². The minimum atomic E-state index is -0.825. The van der Waals surface area contributed by atoms with Crippen molar-refractivity contribution >= 4 is 23.6 Å². The van der Waals surface area contributed by atoms with Gasteiger partial charge in [0.25, 0.3) is 5.91 Å². The largest absolute Gasteiger partial charge is 0.453 e. The first-order valence-electron chi connectivity index (χ1n) is 8.44. The maximum absolute atomic E-state index is 12.8. The molecule has 1 amide bonds. The molecule has 0 aliphatic rings. The molecule has 1 N–H and O–H groups in total. The molecule has 0 aromatic heterocycles. The van der Waals surface area contributed by atoms with Crippen molar-refractivity contribution in [3.05, 3.63) is 66.0 Å². The predicted molar refractivity (Wildman–Crippen MR) is 100 cm³/mol. The molecule has 0 radical (unpaired) electrons. The highest BCUT2D eigenvalue weighted by molar-refractivity contribution is 7.99. The van der Waals surface area contributed by atoms with Crippen LogP contribution in [0.2, 0.25) is 0 Å². The van der Waals surface area contributed by atoms with Gasteiger partial charge in [0.1, 0.15) is 5.82 Å². The number of nitrogens with one attached hydrogen (secondary N) is 1. The molecule has 2 aromatic rings. The second-order valence-corrected chi connectivity index (χ2v) is 6.88. The Kier molecular flexibility index (Phi) is 8.15. The number of ether oxygens (including phenoxy) is 1. The molecule has 2 aromatic carbocycles. The van der Waals surface area contributed by atoms with E-state index >= 15 is 0 Å². The summed E-state index contributed by atoms with van der Waals surface area (Å²) in [6.45, 7) is 2.05. The van der Waals surface area contributed by atoms with Gasteiger partial charge in [-0.25, -0.2) is 4.39 Å². The fourth-order valence-corrected chi connectivity index (χ4v) is 3.04. The van der Waals surface area contributed by atoms with Crippen LogP contribution in [0.1, 0.15) is 18.9 Å². The van der Waals surface area contributed by atoms with Crippen molar-refractivity contribution in [2.45, 2.75) is 30.8 Å². The molecule has 0 bridgehead atoms. The normalized spacial score (nSPS) is 11.6. The number of hydrogen-bond acceptors (Lipinski definition) is 4. The number of carbonyl (C=O) groups excluding carboxylic acids is 2. The van der Waals surface area contributed by atoms with Crippen LogP contribution < -0.4 is 5.32 Å². The van der Waals surface area contributed by atoms with Gasteiger partial charge in [-0.3, -0.25) is 9.59 Å². The van der Waals surface area contributed by atoms with Gasteiger partial charge in [0, 0.05) is 17.2 Å². The van der Waals surface area contributed by atoms with Gasteiger partial charge in [-0.2, -0.15) is 0 Å². The van der Waals surface area contributed by atoms with Crippen LogP contribution >= 0.6 is 11.8 Å². The van der Waals surface area contributed by atoms with E-state index in [1.807, 2.05) is 30.3 Å². The number of benzene rings is 2. The highest BCUT2D eigenvalue weighted by Crippen LogP contribution is 2.19. The fraction of sp³-hybridized carbons (Fsp3) is 0.300. The van der Waals surface area contributed by atoms with Crippen molar-refractivity contribution < 1.29 is 18.7 Å². The van der Waals surface area contributed by atoms with Crippen molar-refractivity contribution in [1.29, 1.82) is 0 Å². The molecule has 0 unspecified atom stereocenters. The Bertz CT molecular complexity index is 707. The monoisotopic (exact) mass is 375 g/mol. The molecular formula is C20H22FNO3S. The summed E-state index contributed by atoms with van der Waals surface area (Å²) in [6, 6.07) is 15.9. The summed E-state index contributed by atoms with van der Waals surface area (Å²) in [6.07, 6.45) is 0.0831. The van der Waals surface area contributed by atoms with Crippen molar-refractivity contribution in [2.24, 2.45) is 0 Å². The van der Waals surface area contributed by atoms with Crippen molar-refractivity contribution in [2.75, 3.05) is 12.3 Å². The van der Waals surface area contributed by atoms with Gasteiger partial charge in [0.05, 0.1) is 6.42 Å². The first-order valence-corrected chi connectivity index (χ1v) is 9.42. The van der Waals surface area contributed by atoms with E-state index in [0.717, 1.165) is 16.9 Å². The zero-order valence-electron chi connectivity index (χ0n) is 14.6. The number of halogens is 1. The number of esters is 1. The molecule has 0 fully saturated rings. The second kappa shape index (κ2) is 10.6. The van der Waals surface area contributed by atoms with Crippen LogP contribution in [0, 0.1) is 5.82 Å². The van der Waals surface area contributed by atoms with E-state index in [0.29, 0.717) is 12.3 Å². The fourth-order valence-electron chi connectivity index (χ4n) is 2.21. The molecule has 2 rings (SSSR count). The first kappa shape index (κ1) is 20.0. The number of thioether (sulfide) groups is 1. The molecule has 0 spiro atoms. The average Bonchev–Trinajstić information content (AvgIpc) is 2.64. The second-order valence-electron chi connectivity index (χ2n) is 5.71. The molecule has 1 atom stereocenters. The zero-order valence-corrected chi connectivity index (χ0v) is 15.4. The van der Waals surface area contributed by atoms with Crippen LogP contribution in [0.15, 0.2) is 59.5 Å². The van der Waals surface area contributed by atoms with Crippen molar-refractivity contribution in [3.8, 4) is 0 Å². The number of carbonyl (C=O) groups is 2. The zero-order chi connectivity index (χ0) is 18.8. The molecule has 26 heavy (non-hydrogen) atoms. The Labute approximate surface area is 157 Å². The molecule has 0 aliphatic heterocycles. The Balaban J connectivity index is 1.62. The van der Waals surface area contributed by atoms with E-state index in [4.69, 9.17) is 4.74 Å². The summed E-state index contributed by atoms with van der Waals surface area (Å²) < 4.78 is 18.0. The molecule has 0 saturated carbocycles. The number of amides is 1. The van der Waals surface area contributed by atoms with Crippen molar-refractivity contribution in [1.82, 2.24) is 5.32 Å². The third-order valence-electron chi connectivity index (χ3n) is 3.62. The lowest BCUT2D eigenvalue weighted by Crippen LogP contribution is -2.36. The van der Waals surface area contributed by atoms with Crippen LogP contribution in [0.5, 0.6) is 0 Å². The summed E-state index contributed by atoms with van der Waals surface area (Å²) in [5.41, 5.74) is 1.13. The Hall–Kier alpha value is -2.34. The van der Waals surface area contributed by atoms with E-state index in [9.17, 15) is 14.0 Å². The maximum atomic E-state index is 12.8. The third kappa shape index (κ3) is 7.27. The summed E-state index contributed by atoms with van der Waals surface area (Å²) in [7, 11) is 0. The van der Waals surface area contributed by atoms with Crippen LogP contribution in [-0.2, 0) is 20.7 Å². The van der Waals surface area contributed by atoms with Crippen LogP contribution in [0.25, 0.3) is 0 Å². The standard InChI is InChI=1S/C20H22FNO3S/c1-15(20(24)22-13-11-16-5-3-2-4-6-16)25-19(23)12-14-26-18-9-7-17(21)8-10-18/h2-10,15H,11-14H2,1H3,(H,22,24)/t15-/m1/s1. The Morgan fingerprint density at radius 2 is 1.81 bits per heavy atom. The lowest BCUT2D eigenvalue weighted by Gasteiger charge is -2.13. The Morgan fingerprint density at radius 3 is 2.50 bits per heavy atom. The van der Waals surface area contributed by atoms with Gasteiger partial charge >= 0.3 is 5.97 Å². The molecule has 0 heterocycles. The topological polar surface area (TPSA) is 55.4 Å². The molecular weight excluding hydrogens is 353 g/mol. The SMILES string of the molecule is C[C@@H](OC(=O)CCSc1ccc(F)cc1)C(=O)NCCc1ccccc1. The lowest BCUT2D eigenvalue weighted by atomic mass is 10.1. The summed E-state index contributed by atoms with van der Waals surface area (Å²) in [4.78, 5) is 24.7. The molecule has 6 heteroatoms. The quantitative estimate of drug-likeness (QED) is 0.537. The van der Waals surface area contributed by atoms with Crippen molar-refractivity contribution in [3.63, 3.8) is 0 Å². The van der Waals surface area contributed by atoms with Gasteiger partial charge in [-0.15, -0.1) is 11.8 Å². The summed E-state index contributed by atoms with van der Waals surface area (Å²) in [5, 5.41) is 2.77. The molecule has 4 nitrogen and oxygen atoms in total. The van der Waals surface area contributed by atoms with Crippen LogP contribution in [0.3, 0.4) is 0 Å². The third-order valence-corrected chi connectivity index (χ3v) is 4.64. The Morgan fingerprint density at radius 1 is 1.12 bits per heavy atom. The van der Waals surface area contributed by atoms with E-state index < -0.39 is 12.1 Å². The predicted octanol–water partition coefficient (Wildman–Crippen LogP) is 3.60. The lowest BCUT2D eigenvalue weighted by molar-refractivity contribution is -0.154. The first-order chi connectivity index (χ1) is 12.5. The number of rotatable bonds is 9. The van der Waals surface area contributed by atoms with Gasteiger partial charge < -0.3 is 10.1 Å². The average molecular weight is 375 g/mol. The minimum Gasteiger partial charge on any atom is -0.453 e. The van der Waals surface area contributed by atoms with Gasteiger partial charge in [-0.05, 0) is 43.2 Å². The minimum absolute atomic E-state index is 0.184. The molecule has 0 aliphatic carbocycles. The van der Waals surface area contributed by atoms with E-state index in [2.05, 4.69) is 5.32 Å². The van der Waals surface area contributed by atoms with E-state index in [1.54, 1.807) is 19.1 Å². The van der Waals surface area contributed by atoms with Crippen LogP contribution in [-0.4, -0.2) is 30.3 Å². The van der Waals surface area contributed by atoms with E-state index in [1.165, 1.54) is 23.9 Å². The van der Waals surface area contributed by atoms with Gasteiger partial charge in [-0.1, -0.05) is 30.3 Å². The van der Waals surface area contributed by atoms with E-state index in [-0.39, 0.29) is 18.1 Å². The van der Waals surface area contributed by atoms with Crippen LogP contribution in [0.4, 0.5) is 4.39 Å². The number of hydrogen-bond donors (Lipinski definition) is 1. The molecule has 0 saturated heterocycles. The smallest absolute Gasteiger partial charge is 0.307 e. The molecule has 138 valence electrons. The maximum Gasteiger partial charge on any atom is 0.307 e. The van der Waals surface area contributed by atoms with Gasteiger partial charge in [0.2, 0.25) is 0 Å². The summed E-state index contributed by atoms with van der Waals surface area (Å²) in [5.74, 6) is -0.515. The highest BCUT2D eigenvalue weighted by Gasteiger charge is 2.17. The summed E-state index contributed by atoms with van der Waals surface area (Å²) >= 11 is 1.44.